The maximum Gasteiger partial charge on any atom is 0.134 e. The van der Waals surface area contributed by atoms with Gasteiger partial charge in [-0.2, -0.15) is 0 Å². The topological polar surface area (TPSA) is 0 Å². The molecule has 3 heteroatoms. The van der Waals surface area contributed by atoms with Crippen molar-refractivity contribution in [2.75, 3.05) is 6.67 Å². The van der Waals surface area contributed by atoms with Crippen LogP contribution in [-0.4, -0.2) is 6.67 Å². The molecule has 0 N–H and O–H groups in total. The first-order chi connectivity index (χ1) is 11.1. The van der Waals surface area contributed by atoms with Crippen LogP contribution in [0.25, 0.3) is 11.1 Å². The maximum absolute atomic E-state index is 14.3. The van der Waals surface area contributed by atoms with Crippen LogP contribution in [-0.2, 0) is 6.42 Å². The van der Waals surface area contributed by atoms with Gasteiger partial charge in [-0.1, -0.05) is 49.1 Å². The molecule has 124 valence electrons. The zero-order valence-electron chi connectivity index (χ0n) is 13.5. The van der Waals surface area contributed by atoms with Gasteiger partial charge in [-0.05, 0) is 49.4 Å². The Morgan fingerprint density at radius 2 is 1.35 bits per heavy atom. The molecule has 0 aliphatic carbocycles. The van der Waals surface area contributed by atoms with Crippen LogP contribution in [0.5, 0.6) is 0 Å². The molecule has 0 nitrogen and oxygen atoms in total. The Balaban J connectivity index is 2.01. The predicted octanol–water partition coefficient (Wildman–Crippen LogP) is 6.40. The summed E-state index contributed by atoms with van der Waals surface area (Å²) >= 11 is 0. The third kappa shape index (κ3) is 5.12. The fourth-order valence-electron chi connectivity index (χ4n) is 2.72. The normalized spacial score (nSPS) is 11.0. The molecule has 0 aliphatic rings. The van der Waals surface area contributed by atoms with Crippen LogP contribution >= 0.6 is 0 Å². The fourth-order valence-corrected chi connectivity index (χ4v) is 2.72. The number of hydrogen-bond donors (Lipinski definition) is 0. The van der Waals surface area contributed by atoms with Crippen molar-refractivity contribution in [2.24, 2.45) is 0 Å². The third-order valence-electron chi connectivity index (χ3n) is 4.04. The number of benzene rings is 2. The van der Waals surface area contributed by atoms with Crippen molar-refractivity contribution in [3.05, 3.63) is 59.2 Å². The van der Waals surface area contributed by atoms with Gasteiger partial charge in [0.2, 0.25) is 0 Å². The van der Waals surface area contributed by atoms with Gasteiger partial charge in [-0.15, -0.1) is 0 Å². The first-order valence-electron chi connectivity index (χ1n) is 8.22. The smallest absolute Gasteiger partial charge is 0.134 e. The molecule has 0 bridgehead atoms. The van der Waals surface area contributed by atoms with E-state index in [1.54, 1.807) is 12.1 Å². The number of unbranched alkanes of at least 4 members (excludes halogenated alkanes) is 4. The summed E-state index contributed by atoms with van der Waals surface area (Å²) in [6, 6.07) is 10.0. The second-order valence-corrected chi connectivity index (χ2v) is 6.01. The van der Waals surface area contributed by atoms with Crippen molar-refractivity contribution in [1.29, 1.82) is 0 Å². The lowest BCUT2D eigenvalue weighted by Gasteiger charge is -2.09. The van der Waals surface area contributed by atoms with Gasteiger partial charge < -0.3 is 0 Å². The van der Waals surface area contributed by atoms with Gasteiger partial charge in [0.05, 0.1) is 12.2 Å². The SMILES string of the molecule is Cc1ccc(-c2c(F)cc(CCCCCCCF)cc2F)cc1. The molecule has 0 fully saturated rings. The predicted molar refractivity (Wildman–Crippen MR) is 89.3 cm³/mol. The molecule has 0 unspecified atom stereocenters. The van der Waals surface area contributed by atoms with Crippen molar-refractivity contribution in [3.8, 4) is 11.1 Å². The monoisotopic (exact) mass is 320 g/mol. The molecule has 23 heavy (non-hydrogen) atoms. The molecule has 2 aromatic carbocycles. The highest BCUT2D eigenvalue weighted by molar-refractivity contribution is 5.65. The Morgan fingerprint density at radius 3 is 1.96 bits per heavy atom. The zero-order chi connectivity index (χ0) is 16.7. The lowest BCUT2D eigenvalue weighted by molar-refractivity contribution is 0.451. The summed E-state index contributed by atoms with van der Waals surface area (Å²) in [5, 5.41) is 0. The third-order valence-corrected chi connectivity index (χ3v) is 4.04. The first kappa shape index (κ1) is 17.6. The Kier molecular flexibility index (Phi) is 6.69. The summed E-state index contributed by atoms with van der Waals surface area (Å²) in [5.74, 6) is -1.03. The van der Waals surface area contributed by atoms with Crippen LogP contribution in [0.4, 0.5) is 13.2 Å². The molecule has 0 aliphatic heterocycles. The fraction of sp³-hybridized carbons (Fsp3) is 0.400. The summed E-state index contributed by atoms with van der Waals surface area (Å²) in [6.45, 7) is 1.67. The van der Waals surface area contributed by atoms with Crippen LogP contribution in [0, 0.1) is 18.6 Å². The Hall–Kier alpha value is -1.77. The van der Waals surface area contributed by atoms with E-state index in [0.29, 0.717) is 24.0 Å². The summed E-state index contributed by atoms with van der Waals surface area (Å²) in [6.07, 6.45) is 4.94. The van der Waals surface area contributed by atoms with Crippen LogP contribution in [0.3, 0.4) is 0 Å². The summed E-state index contributed by atoms with van der Waals surface area (Å²) in [7, 11) is 0. The lowest BCUT2D eigenvalue weighted by Crippen LogP contribution is -1.95. The molecular weight excluding hydrogens is 297 g/mol. The first-order valence-corrected chi connectivity index (χ1v) is 8.22. The van der Waals surface area contributed by atoms with E-state index >= 15 is 0 Å². The number of halogens is 3. The van der Waals surface area contributed by atoms with Crippen LogP contribution in [0.1, 0.15) is 43.2 Å². The van der Waals surface area contributed by atoms with Crippen molar-refractivity contribution >= 4 is 0 Å². The van der Waals surface area contributed by atoms with E-state index in [1.807, 2.05) is 19.1 Å². The molecule has 0 saturated carbocycles. The highest BCUT2D eigenvalue weighted by Gasteiger charge is 2.13. The molecule has 0 radical (unpaired) electrons. The standard InChI is InChI=1S/C20H23F3/c1-15-8-10-17(11-9-15)20-18(22)13-16(14-19(20)23)7-5-3-2-4-6-12-21/h8-11,13-14H,2-7,12H2,1H3. The van der Waals surface area contributed by atoms with Gasteiger partial charge in [0.25, 0.3) is 0 Å². The minimum atomic E-state index is -0.513. The number of alkyl halides is 1. The second-order valence-electron chi connectivity index (χ2n) is 6.01. The van der Waals surface area contributed by atoms with E-state index in [2.05, 4.69) is 0 Å². The van der Waals surface area contributed by atoms with E-state index in [9.17, 15) is 13.2 Å². The van der Waals surface area contributed by atoms with Crippen molar-refractivity contribution < 1.29 is 13.2 Å². The van der Waals surface area contributed by atoms with Crippen LogP contribution in [0.2, 0.25) is 0 Å². The highest BCUT2D eigenvalue weighted by Crippen LogP contribution is 2.28. The second kappa shape index (κ2) is 8.76. The molecule has 0 atom stereocenters. The van der Waals surface area contributed by atoms with Gasteiger partial charge >= 0.3 is 0 Å². The van der Waals surface area contributed by atoms with Gasteiger partial charge in [0.1, 0.15) is 11.6 Å². The number of rotatable bonds is 8. The Morgan fingerprint density at radius 1 is 0.783 bits per heavy atom. The summed E-state index contributed by atoms with van der Waals surface area (Å²) in [4.78, 5) is 0. The number of aryl methyl sites for hydroxylation is 2. The largest absolute Gasteiger partial charge is 0.251 e. The summed E-state index contributed by atoms with van der Waals surface area (Å²) in [5.41, 5.74) is 2.33. The van der Waals surface area contributed by atoms with Crippen LogP contribution in [0.15, 0.2) is 36.4 Å². The van der Waals surface area contributed by atoms with E-state index in [4.69, 9.17) is 0 Å². The van der Waals surface area contributed by atoms with Crippen molar-refractivity contribution in [1.82, 2.24) is 0 Å². The molecule has 0 aromatic heterocycles. The summed E-state index contributed by atoms with van der Waals surface area (Å²) < 4.78 is 40.6. The van der Waals surface area contributed by atoms with E-state index < -0.39 is 11.6 Å². The highest BCUT2D eigenvalue weighted by atomic mass is 19.1. The molecular formula is C20H23F3. The van der Waals surface area contributed by atoms with E-state index in [0.717, 1.165) is 31.2 Å². The average molecular weight is 320 g/mol. The van der Waals surface area contributed by atoms with Gasteiger partial charge in [-0.3, -0.25) is 4.39 Å². The van der Waals surface area contributed by atoms with E-state index in [1.165, 1.54) is 12.1 Å². The minimum absolute atomic E-state index is 0.0386. The zero-order valence-corrected chi connectivity index (χ0v) is 13.5. The number of hydrogen-bond acceptors (Lipinski definition) is 0. The molecule has 0 heterocycles. The van der Waals surface area contributed by atoms with Gasteiger partial charge in [-0.25, -0.2) is 8.78 Å². The molecule has 0 amide bonds. The Labute approximate surface area is 136 Å². The Bertz CT molecular complexity index is 594. The van der Waals surface area contributed by atoms with Gasteiger partial charge in [0.15, 0.2) is 0 Å². The average Bonchev–Trinajstić information content (AvgIpc) is 2.52. The van der Waals surface area contributed by atoms with E-state index in [-0.39, 0.29) is 12.2 Å². The van der Waals surface area contributed by atoms with Crippen molar-refractivity contribution in [2.45, 2.75) is 45.4 Å². The molecule has 2 rings (SSSR count). The van der Waals surface area contributed by atoms with Gasteiger partial charge in [0, 0.05) is 0 Å². The molecule has 0 spiro atoms. The van der Waals surface area contributed by atoms with Crippen LogP contribution < -0.4 is 0 Å². The minimum Gasteiger partial charge on any atom is -0.251 e. The lowest BCUT2D eigenvalue weighted by atomic mass is 9.99. The molecule has 0 saturated heterocycles. The van der Waals surface area contributed by atoms with Crippen molar-refractivity contribution in [3.63, 3.8) is 0 Å². The molecule has 2 aromatic rings. The maximum atomic E-state index is 14.3. The quantitative estimate of drug-likeness (QED) is 0.493.